The predicted octanol–water partition coefficient (Wildman–Crippen LogP) is 6.84. The van der Waals surface area contributed by atoms with Gasteiger partial charge >= 0.3 is 0 Å². The van der Waals surface area contributed by atoms with Gasteiger partial charge in [-0.15, -0.1) is 11.8 Å². The van der Waals surface area contributed by atoms with Crippen molar-refractivity contribution in [1.29, 1.82) is 0 Å². The lowest BCUT2D eigenvalue weighted by atomic mass is 9.86. The standard InChI is InChI=1S/C28H25NOS/c30-26(24-16-8-3-9-17-24)21-25(23-14-6-2-7-15-23)27(20-22-12-4-1-5-13-22)31-28-18-10-11-19-29-28/h1-19,25,27H,20-21H2/t25-,27+/m1/s1. The van der Waals surface area contributed by atoms with E-state index in [4.69, 9.17) is 0 Å². The third-order valence-corrected chi connectivity index (χ3v) is 6.65. The lowest BCUT2D eigenvalue weighted by Gasteiger charge is -2.27. The Bertz CT molecular complexity index is 1030. The number of Topliss-reactive ketones (excluding diaryl/α,β-unsaturated/α-hetero) is 1. The topological polar surface area (TPSA) is 30.0 Å². The van der Waals surface area contributed by atoms with Gasteiger partial charge in [0.15, 0.2) is 5.78 Å². The Balaban J connectivity index is 1.68. The zero-order valence-electron chi connectivity index (χ0n) is 17.3. The number of thioether (sulfide) groups is 1. The highest BCUT2D eigenvalue weighted by molar-refractivity contribution is 7.99. The van der Waals surface area contributed by atoms with Crippen molar-refractivity contribution < 1.29 is 4.79 Å². The first-order valence-electron chi connectivity index (χ1n) is 10.5. The largest absolute Gasteiger partial charge is 0.294 e. The number of rotatable bonds is 9. The van der Waals surface area contributed by atoms with Crippen LogP contribution in [0.2, 0.25) is 0 Å². The van der Waals surface area contributed by atoms with Crippen LogP contribution in [0.1, 0.15) is 33.8 Å². The van der Waals surface area contributed by atoms with E-state index >= 15 is 0 Å². The normalized spacial score (nSPS) is 12.8. The van der Waals surface area contributed by atoms with Crippen LogP contribution in [-0.2, 0) is 6.42 Å². The van der Waals surface area contributed by atoms with Crippen molar-refractivity contribution in [3.63, 3.8) is 0 Å². The SMILES string of the molecule is O=C(C[C@H](c1ccccc1)[C@H](Cc1ccccc1)Sc1ccccn1)c1ccccc1. The predicted molar refractivity (Wildman–Crippen MR) is 129 cm³/mol. The molecule has 0 aliphatic rings. The summed E-state index contributed by atoms with van der Waals surface area (Å²) in [5.74, 6) is 0.246. The quantitative estimate of drug-likeness (QED) is 0.218. The first-order chi connectivity index (χ1) is 15.3. The van der Waals surface area contributed by atoms with E-state index in [0.717, 1.165) is 17.0 Å². The van der Waals surface area contributed by atoms with Crippen molar-refractivity contribution in [3.8, 4) is 0 Å². The maximum absolute atomic E-state index is 13.2. The highest BCUT2D eigenvalue weighted by Crippen LogP contribution is 2.38. The van der Waals surface area contributed by atoms with Gasteiger partial charge in [-0.1, -0.05) is 97.1 Å². The molecule has 3 aromatic carbocycles. The number of carbonyl (C=O) groups is 1. The summed E-state index contributed by atoms with van der Waals surface area (Å²) < 4.78 is 0. The van der Waals surface area contributed by atoms with Crippen LogP contribution in [0, 0.1) is 0 Å². The number of pyridine rings is 1. The smallest absolute Gasteiger partial charge is 0.163 e. The van der Waals surface area contributed by atoms with Crippen LogP contribution < -0.4 is 0 Å². The van der Waals surface area contributed by atoms with Gasteiger partial charge in [0.05, 0.1) is 5.03 Å². The van der Waals surface area contributed by atoms with Crippen LogP contribution in [0.25, 0.3) is 0 Å². The van der Waals surface area contributed by atoms with Crippen LogP contribution in [0.4, 0.5) is 0 Å². The summed E-state index contributed by atoms with van der Waals surface area (Å²) >= 11 is 1.76. The van der Waals surface area contributed by atoms with Crippen molar-refractivity contribution in [2.75, 3.05) is 0 Å². The molecule has 0 saturated carbocycles. The lowest BCUT2D eigenvalue weighted by molar-refractivity contribution is 0.0973. The second-order valence-electron chi connectivity index (χ2n) is 7.52. The van der Waals surface area contributed by atoms with Gasteiger partial charge in [0.1, 0.15) is 0 Å². The highest BCUT2D eigenvalue weighted by atomic mass is 32.2. The fourth-order valence-electron chi connectivity index (χ4n) is 3.79. The molecule has 0 saturated heterocycles. The number of ketones is 1. The van der Waals surface area contributed by atoms with E-state index in [1.54, 1.807) is 11.8 Å². The maximum Gasteiger partial charge on any atom is 0.163 e. The maximum atomic E-state index is 13.2. The molecule has 4 rings (SSSR count). The van der Waals surface area contributed by atoms with E-state index in [9.17, 15) is 4.79 Å². The minimum absolute atomic E-state index is 0.0705. The molecule has 3 heteroatoms. The number of aromatic nitrogens is 1. The summed E-state index contributed by atoms with van der Waals surface area (Å²) in [6.07, 6.45) is 3.16. The third kappa shape index (κ3) is 5.93. The average molecular weight is 424 g/mol. The van der Waals surface area contributed by atoms with Crippen molar-refractivity contribution in [2.24, 2.45) is 0 Å². The van der Waals surface area contributed by atoms with E-state index in [-0.39, 0.29) is 17.0 Å². The minimum atomic E-state index is 0.0705. The van der Waals surface area contributed by atoms with Gasteiger partial charge in [0.2, 0.25) is 0 Å². The van der Waals surface area contributed by atoms with Crippen molar-refractivity contribution in [2.45, 2.75) is 29.0 Å². The molecule has 2 atom stereocenters. The van der Waals surface area contributed by atoms with Crippen LogP contribution in [-0.4, -0.2) is 16.0 Å². The zero-order chi connectivity index (χ0) is 21.3. The van der Waals surface area contributed by atoms with E-state index in [1.165, 1.54) is 11.1 Å². The van der Waals surface area contributed by atoms with Gasteiger partial charge in [0, 0.05) is 29.3 Å². The average Bonchev–Trinajstić information content (AvgIpc) is 2.84. The molecule has 0 N–H and O–H groups in total. The molecule has 2 nitrogen and oxygen atoms in total. The van der Waals surface area contributed by atoms with Gasteiger partial charge in [-0.2, -0.15) is 0 Å². The van der Waals surface area contributed by atoms with E-state index in [1.807, 2.05) is 66.9 Å². The Hall–Kier alpha value is -3.17. The first kappa shape index (κ1) is 21.1. The number of hydrogen-bond acceptors (Lipinski definition) is 3. The number of benzene rings is 3. The molecule has 154 valence electrons. The molecule has 1 aromatic heterocycles. The molecule has 4 aromatic rings. The Kier molecular flexibility index (Phi) is 7.30. The Morgan fingerprint density at radius 2 is 1.35 bits per heavy atom. The van der Waals surface area contributed by atoms with Crippen LogP contribution in [0.3, 0.4) is 0 Å². The molecular formula is C28H25NOS. The summed E-state index contributed by atoms with van der Waals surface area (Å²) in [5, 5.41) is 1.16. The van der Waals surface area contributed by atoms with Crippen molar-refractivity contribution in [3.05, 3.63) is 132 Å². The Morgan fingerprint density at radius 1 is 0.742 bits per heavy atom. The fraction of sp³-hybridized carbons (Fsp3) is 0.143. The molecule has 0 unspecified atom stereocenters. The molecule has 0 bridgehead atoms. The van der Waals surface area contributed by atoms with Gasteiger partial charge in [-0.25, -0.2) is 4.98 Å². The Labute approximate surface area is 188 Å². The monoisotopic (exact) mass is 423 g/mol. The third-order valence-electron chi connectivity index (χ3n) is 5.37. The summed E-state index contributed by atoms with van der Waals surface area (Å²) in [6.45, 7) is 0. The summed E-state index contributed by atoms with van der Waals surface area (Å²) in [5.41, 5.74) is 3.23. The zero-order valence-corrected chi connectivity index (χ0v) is 18.1. The molecule has 0 spiro atoms. The molecule has 1 heterocycles. The second kappa shape index (κ2) is 10.7. The van der Waals surface area contributed by atoms with Crippen LogP contribution in [0.15, 0.2) is 120 Å². The molecule has 0 aliphatic carbocycles. The van der Waals surface area contributed by atoms with Gasteiger partial charge in [-0.3, -0.25) is 4.79 Å². The molecule has 0 aliphatic heterocycles. The summed E-state index contributed by atoms with van der Waals surface area (Å²) in [7, 11) is 0. The van der Waals surface area contributed by atoms with E-state index < -0.39 is 0 Å². The number of carbonyl (C=O) groups excluding carboxylic acids is 1. The van der Waals surface area contributed by atoms with Crippen molar-refractivity contribution in [1.82, 2.24) is 4.98 Å². The lowest BCUT2D eigenvalue weighted by Crippen LogP contribution is -2.22. The van der Waals surface area contributed by atoms with Crippen LogP contribution in [0.5, 0.6) is 0 Å². The van der Waals surface area contributed by atoms with E-state index in [0.29, 0.717) is 6.42 Å². The molecule has 0 amide bonds. The van der Waals surface area contributed by atoms with Gasteiger partial charge in [0.25, 0.3) is 0 Å². The van der Waals surface area contributed by atoms with Gasteiger partial charge in [-0.05, 0) is 29.7 Å². The number of hydrogen-bond donors (Lipinski definition) is 0. The first-order valence-corrected chi connectivity index (χ1v) is 11.4. The molecular weight excluding hydrogens is 398 g/mol. The van der Waals surface area contributed by atoms with Gasteiger partial charge < -0.3 is 0 Å². The molecule has 0 radical (unpaired) electrons. The van der Waals surface area contributed by atoms with Crippen molar-refractivity contribution >= 4 is 17.5 Å². The summed E-state index contributed by atoms with van der Waals surface area (Å²) in [6, 6.07) is 36.5. The van der Waals surface area contributed by atoms with Crippen LogP contribution >= 0.6 is 11.8 Å². The summed E-state index contributed by atoms with van der Waals surface area (Å²) in [4.78, 5) is 17.8. The molecule has 31 heavy (non-hydrogen) atoms. The second-order valence-corrected chi connectivity index (χ2v) is 8.78. The highest BCUT2D eigenvalue weighted by Gasteiger charge is 2.28. The fourth-order valence-corrected chi connectivity index (χ4v) is 5.07. The molecule has 0 fully saturated rings. The number of nitrogens with zero attached hydrogens (tertiary/aromatic N) is 1. The Morgan fingerprint density at radius 3 is 2.00 bits per heavy atom. The minimum Gasteiger partial charge on any atom is -0.294 e. The van der Waals surface area contributed by atoms with E-state index in [2.05, 4.69) is 53.5 Å².